The highest BCUT2D eigenvalue weighted by molar-refractivity contribution is 5.80. The molecule has 0 aromatic rings. The summed E-state index contributed by atoms with van der Waals surface area (Å²) in [5.74, 6) is -1.12. The number of nitrogens with one attached hydrogen (secondary N) is 2. The third-order valence-corrected chi connectivity index (χ3v) is 4.43. The number of hydrogen-bond donors (Lipinski definition) is 2. The Labute approximate surface area is 134 Å². The number of likely N-dealkylation sites (tertiary alicyclic amines) is 1. The zero-order valence-corrected chi connectivity index (χ0v) is 13.1. The van der Waals surface area contributed by atoms with Gasteiger partial charge in [0.1, 0.15) is 6.54 Å². The fourth-order valence-corrected chi connectivity index (χ4v) is 3.29. The molecule has 2 amide bonds. The van der Waals surface area contributed by atoms with Gasteiger partial charge in [-0.1, -0.05) is 12.8 Å². The first-order chi connectivity index (χ1) is 10.8. The number of nitrogens with zero attached hydrogens (tertiary/aromatic N) is 1. The molecule has 0 spiro atoms. The van der Waals surface area contributed by atoms with Crippen molar-refractivity contribution >= 4 is 11.8 Å². The van der Waals surface area contributed by atoms with E-state index in [1.54, 1.807) is 0 Å². The molecule has 1 saturated heterocycles. The SMILES string of the molecule is O=C(CN1CCCC(C(=O)NCC(F)(F)F)C1)NC1CCCC1. The van der Waals surface area contributed by atoms with Crippen molar-refractivity contribution in [1.82, 2.24) is 15.5 Å². The lowest BCUT2D eigenvalue weighted by Gasteiger charge is -2.31. The van der Waals surface area contributed by atoms with Gasteiger partial charge in [0.05, 0.1) is 12.5 Å². The zero-order chi connectivity index (χ0) is 16.9. The molecule has 0 aromatic heterocycles. The van der Waals surface area contributed by atoms with Gasteiger partial charge in [-0.25, -0.2) is 0 Å². The molecule has 8 heteroatoms. The van der Waals surface area contributed by atoms with Crippen LogP contribution in [0.1, 0.15) is 38.5 Å². The Hall–Kier alpha value is -1.31. The smallest absolute Gasteiger partial charge is 0.352 e. The van der Waals surface area contributed by atoms with E-state index in [2.05, 4.69) is 5.32 Å². The van der Waals surface area contributed by atoms with E-state index in [9.17, 15) is 22.8 Å². The van der Waals surface area contributed by atoms with Crippen LogP contribution < -0.4 is 10.6 Å². The van der Waals surface area contributed by atoms with Gasteiger partial charge >= 0.3 is 6.18 Å². The predicted molar refractivity (Wildman–Crippen MR) is 78.6 cm³/mol. The first-order valence-electron chi connectivity index (χ1n) is 8.19. The molecule has 2 rings (SSSR count). The molecule has 1 aliphatic heterocycles. The van der Waals surface area contributed by atoms with Crippen molar-refractivity contribution in [3.8, 4) is 0 Å². The van der Waals surface area contributed by atoms with E-state index < -0.39 is 24.5 Å². The average molecular weight is 335 g/mol. The van der Waals surface area contributed by atoms with Crippen molar-refractivity contribution in [1.29, 1.82) is 0 Å². The number of carbonyl (C=O) groups excluding carboxylic acids is 2. The number of rotatable bonds is 5. The van der Waals surface area contributed by atoms with Crippen LogP contribution >= 0.6 is 0 Å². The van der Waals surface area contributed by atoms with Gasteiger partial charge < -0.3 is 10.6 Å². The van der Waals surface area contributed by atoms with Gasteiger partial charge in [-0.3, -0.25) is 14.5 Å². The van der Waals surface area contributed by atoms with E-state index in [-0.39, 0.29) is 18.5 Å². The van der Waals surface area contributed by atoms with E-state index in [4.69, 9.17) is 0 Å². The molecule has 0 bridgehead atoms. The largest absolute Gasteiger partial charge is 0.405 e. The van der Waals surface area contributed by atoms with E-state index in [0.29, 0.717) is 25.9 Å². The molecule has 2 aliphatic rings. The molecule has 1 heterocycles. The molecule has 1 saturated carbocycles. The van der Waals surface area contributed by atoms with E-state index in [1.807, 2.05) is 10.2 Å². The monoisotopic (exact) mass is 335 g/mol. The van der Waals surface area contributed by atoms with E-state index in [1.165, 1.54) is 0 Å². The predicted octanol–water partition coefficient (Wildman–Crippen LogP) is 1.44. The van der Waals surface area contributed by atoms with Crippen molar-refractivity contribution in [2.24, 2.45) is 5.92 Å². The maximum Gasteiger partial charge on any atom is 0.405 e. The first-order valence-corrected chi connectivity index (χ1v) is 8.19. The summed E-state index contributed by atoms with van der Waals surface area (Å²) < 4.78 is 36.4. The highest BCUT2D eigenvalue weighted by atomic mass is 19.4. The molecular weight excluding hydrogens is 311 g/mol. The van der Waals surface area contributed by atoms with Crippen LogP contribution in [0, 0.1) is 5.92 Å². The molecule has 2 N–H and O–H groups in total. The van der Waals surface area contributed by atoms with Crippen LogP contribution in [0.3, 0.4) is 0 Å². The molecule has 1 aliphatic carbocycles. The second kappa shape index (κ2) is 7.99. The second-order valence-corrected chi connectivity index (χ2v) is 6.46. The topological polar surface area (TPSA) is 61.4 Å². The first kappa shape index (κ1) is 18.0. The van der Waals surface area contributed by atoms with Crippen molar-refractivity contribution in [2.75, 3.05) is 26.2 Å². The fourth-order valence-electron chi connectivity index (χ4n) is 3.29. The maximum atomic E-state index is 12.1. The zero-order valence-electron chi connectivity index (χ0n) is 13.1. The van der Waals surface area contributed by atoms with Crippen LogP contribution in [0.2, 0.25) is 0 Å². The summed E-state index contributed by atoms with van der Waals surface area (Å²) in [6.07, 6.45) is 1.16. The summed E-state index contributed by atoms with van der Waals surface area (Å²) in [6.45, 7) is -0.0625. The van der Waals surface area contributed by atoms with Crippen molar-refractivity contribution < 1.29 is 22.8 Å². The summed E-state index contributed by atoms with van der Waals surface area (Å²) in [7, 11) is 0. The number of carbonyl (C=O) groups is 2. The van der Waals surface area contributed by atoms with Crippen molar-refractivity contribution in [3.63, 3.8) is 0 Å². The Kier molecular flexibility index (Phi) is 6.26. The van der Waals surface area contributed by atoms with Crippen LogP contribution in [0.5, 0.6) is 0 Å². The van der Waals surface area contributed by atoms with Gasteiger partial charge in [0.25, 0.3) is 0 Å². The molecule has 5 nitrogen and oxygen atoms in total. The van der Waals surface area contributed by atoms with Crippen LogP contribution in [0.4, 0.5) is 13.2 Å². The lowest BCUT2D eigenvalue weighted by Crippen LogP contribution is -2.48. The minimum atomic E-state index is -4.40. The van der Waals surface area contributed by atoms with Gasteiger partial charge in [-0.15, -0.1) is 0 Å². The minimum Gasteiger partial charge on any atom is -0.352 e. The number of hydrogen-bond acceptors (Lipinski definition) is 3. The molecule has 132 valence electrons. The molecule has 1 atom stereocenters. The van der Waals surface area contributed by atoms with Gasteiger partial charge in [0, 0.05) is 12.6 Å². The lowest BCUT2D eigenvalue weighted by molar-refractivity contribution is -0.142. The second-order valence-electron chi connectivity index (χ2n) is 6.46. The van der Waals surface area contributed by atoms with Crippen LogP contribution in [0.25, 0.3) is 0 Å². The van der Waals surface area contributed by atoms with E-state index in [0.717, 1.165) is 25.7 Å². The standard InChI is InChI=1S/C15H24F3N3O2/c16-15(17,18)10-19-14(23)11-4-3-7-21(8-11)9-13(22)20-12-5-1-2-6-12/h11-12H,1-10H2,(H,19,23)(H,20,22). The van der Waals surface area contributed by atoms with Crippen LogP contribution in [-0.4, -0.2) is 55.1 Å². The van der Waals surface area contributed by atoms with Gasteiger partial charge in [-0.05, 0) is 32.2 Å². The fraction of sp³-hybridized carbons (Fsp3) is 0.867. The molecule has 0 radical (unpaired) electrons. The highest BCUT2D eigenvalue weighted by Crippen LogP contribution is 2.19. The van der Waals surface area contributed by atoms with Crippen LogP contribution in [-0.2, 0) is 9.59 Å². The number of piperidine rings is 1. The summed E-state index contributed by atoms with van der Waals surface area (Å²) in [5, 5.41) is 4.92. The Morgan fingerprint density at radius 2 is 1.78 bits per heavy atom. The Morgan fingerprint density at radius 3 is 2.43 bits per heavy atom. The average Bonchev–Trinajstić information content (AvgIpc) is 2.97. The highest BCUT2D eigenvalue weighted by Gasteiger charge is 2.31. The van der Waals surface area contributed by atoms with E-state index >= 15 is 0 Å². The van der Waals surface area contributed by atoms with Gasteiger partial charge in [0.2, 0.25) is 11.8 Å². The third kappa shape index (κ3) is 6.37. The summed E-state index contributed by atoms with van der Waals surface area (Å²) in [6, 6.07) is 0.248. The van der Waals surface area contributed by atoms with Gasteiger partial charge in [-0.2, -0.15) is 13.2 Å². The summed E-state index contributed by atoms with van der Waals surface area (Å²) in [5.41, 5.74) is 0. The molecule has 0 aromatic carbocycles. The molecule has 23 heavy (non-hydrogen) atoms. The molecular formula is C15H24F3N3O2. The molecule has 2 fully saturated rings. The number of amides is 2. The normalized spacial score (nSPS) is 23.7. The van der Waals surface area contributed by atoms with Crippen molar-refractivity contribution in [2.45, 2.75) is 50.7 Å². The molecule has 1 unspecified atom stereocenters. The number of alkyl halides is 3. The number of halogens is 3. The Balaban J connectivity index is 1.73. The Morgan fingerprint density at radius 1 is 1.09 bits per heavy atom. The van der Waals surface area contributed by atoms with Gasteiger partial charge in [0.15, 0.2) is 0 Å². The third-order valence-electron chi connectivity index (χ3n) is 4.43. The lowest BCUT2D eigenvalue weighted by atomic mass is 9.97. The van der Waals surface area contributed by atoms with Crippen LogP contribution in [0.15, 0.2) is 0 Å². The summed E-state index contributed by atoms with van der Waals surface area (Å²) in [4.78, 5) is 25.7. The summed E-state index contributed by atoms with van der Waals surface area (Å²) >= 11 is 0. The Bertz CT molecular complexity index is 423. The minimum absolute atomic E-state index is 0.0618. The maximum absolute atomic E-state index is 12.1. The quantitative estimate of drug-likeness (QED) is 0.799. The van der Waals surface area contributed by atoms with Crippen molar-refractivity contribution in [3.05, 3.63) is 0 Å².